The van der Waals surface area contributed by atoms with Crippen LogP contribution < -0.4 is 15.4 Å². The quantitative estimate of drug-likeness (QED) is 0.264. The molecule has 0 unspecified atom stereocenters. The molecule has 178 valence electrons. The molecule has 0 aromatic heterocycles. The van der Waals surface area contributed by atoms with Crippen LogP contribution in [0.25, 0.3) is 0 Å². The van der Waals surface area contributed by atoms with Crippen molar-refractivity contribution in [3.05, 3.63) is 81.8 Å². The lowest BCUT2D eigenvalue weighted by Crippen LogP contribution is -2.24. The van der Waals surface area contributed by atoms with E-state index in [0.29, 0.717) is 17.9 Å². The summed E-state index contributed by atoms with van der Waals surface area (Å²) in [5.41, 5.74) is 1.97. The van der Waals surface area contributed by atoms with Gasteiger partial charge in [0.15, 0.2) is 5.75 Å². The first-order valence-corrected chi connectivity index (χ1v) is 11.3. The first-order valence-electron chi connectivity index (χ1n) is 10.5. The second-order valence-electron chi connectivity index (χ2n) is 7.35. The van der Waals surface area contributed by atoms with E-state index in [0.717, 1.165) is 5.56 Å². The number of amides is 1. The molecule has 0 heterocycles. The van der Waals surface area contributed by atoms with E-state index in [4.69, 9.17) is 27.9 Å². The van der Waals surface area contributed by atoms with Gasteiger partial charge in [-0.2, -0.15) is 0 Å². The second kappa shape index (κ2) is 11.7. The number of phenolic OH excluding ortho intramolecular Hbond substituents is 1. The van der Waals surface area contributed by atoms with Crippen LogP contribution in [0.1, 0.15) is 31.0 Å². The minimum atomic E-state index is -1.01. The summed E-state index contributed by atoms with van der Waals surface area (Å²) >= 11 is 12.6. The Hall–Kier alpha value is -3.26. The number of esters is 1. The highest BCUT2D eigenvalue weighted by molar-refractivity contribution is 6.39. The van der Waals surface area contributed by atoms with Crippen LogP contribution in [0.5, 0.6) is 17.2 Å². The van der Waals surface area contributed by atoms with Gasteiger partial charge in [0.05, 0.1) is 16.7 Å². The van der Waals surface area contributed by atoms with Crippen molar-refractivity contribution >= 4 is 40.8 Å². The van der Waals surface area contributed by atoms with Gasteiger partial charge in [-0.25, -0.2) is 4.79 Å². The van der Waals surface area contributed by atoms with Crippen molar-refractivity contribution in [2.24, 2.45) is 0 Å². The molecule has 3 rings (SSSR count). The van der Waals surface area contributed by atoms with E-state index < -0.39 is 11.9 Å². The van der Waals surface area contributed by atoms with Gasteiger partial charge in [-0.3, -0.25) is 4.79 Å². The standard InChI is InChI=1S/C25H24Cl2N2O5/c1-3-33-25(32)24(31)29-18-12-20(26)23(21(27)13-18)34-19-9-10-22(30)17(11-19)14-28-15(2)16-7-5-4-6-8-16/h4-13,15,28,30H,3,14H2,1-2H3,(H,29,31)/t15-/m1/s1. The SMILES string of the molecule is CCOC(=O)C(=O)Nc1cc(Cl)c(Oc2ccc(O)c(CN[C@H](C)c3ccccc3)c2)c(Cl)c1. The van der Waals surface area contributed by atoms with Gasteiger partial charge in [0.1, 0.15) is 11.5 Å². The number of rotatable bonds is 8. The van der Waals surface area contributed by atoms with E-state index in [2.05, 4.69) is 15.4 Å². The second-order valence-corrected chi connectivity index (χ2v) is 8.16. The number of nitrogens with one attached hydrogen (secondary N) is 2. The minimum Gasteiger partial charge on any atom is -0.508 e. The number of aromatic hydroxyl groups is 1. The maximum atomic E-state index is 11.8. The molecule has 1 atom stereocenters. The molecule has 0 fully saturated rings. The molecule has 0 aliphatic rings. The van der Waals surface area contributed by atoms with Crippen molar-refractivity contribution in [3.63, 3.8) is 0 Å². The zero-order valence-electron chi connectivity index (χ0n) is 18.6. The Morgan fingerprint density at radius 2 is 1.71 bits per heavy atom. The highest BCUT2D eigenvalue weighted by Crippen LogP contribution is 2.39. The van der Waals surface area contributed by atoms with E-state index >= 15 is 0 Å². The fourth-order valence-electron chi connectivity index (χ4n) is 3.12. The molecule has 0 radical (unpaired) electrons. The van der Waals surface area contributed by atoms with E-state index in [1.807, 2.05) is 37.3 Å². The molecule has 0 aliphatic carbocycles. The van der Waals surface area contributed by atoms with Gasteiger partial charge in [0, 0.05) is 23.8 Å². The molecule has 7 nitrogen and oxygen atoms in total. The molecule has 0 bridgehead atoms. The Bertz CT molecular complexity index is 1150. The van der Waals surface area contributed by atoms with Crippen molar-refractivity contribution < 1.29 is 24.2 Å². The van der Waals surface area contributed by atoms with E-state index in [1.165, 1.54) is 18.2 Å². The van der Waals surface area contributed by atoms with Crippen molar-refractivity contribution in [3.8, 4) is 17.2 Å². The molecule has 34 heavy (non-hydrogen) atoms. The third-order valence-electron chi connectivity index (χ3n) is 4.89. The Morgan fingerprint density at radius 3 is 2.35 bits per heavy atom. The summed E-state index contributed by atoms with van der Waals surface area (Å²) in [5.74, 6) is -1.26. The lowest BCUT2D eigenvalue weighted by molar-refractivity contribution is -0.152. The Labute approximate surface area is 207 Å². The molecule has 0 saturated heterocycles. The number of hydrogen-bond acceptors (Lipinski definition) is 6. The smallest absolute Gasteiger partial charge is 0.397 e. The molecular weight excluding hydrogens is 479 g/mol. The molecule has 0 saturated carbocycles. The predicted octanol–water partition coefficient (Wildman–Crippen LogP) is 5.84. The van der Waals surface area contributed by atoms with Gasteiger partial charge >= 0.3 is 11.9 Å². The number of hydrogen-bond donors (Lipinski definition) is 3. The average molecular weight is 503 g/mol. The van der Waals surface area contributed by atoms with Gasteiger partial charge in [-0.15, -0.1) is 0 Å². The van der Waals surface area contributed by atoms with Crippen LogP contribution in [0.3, 0.4) is 0 Å². The molecule has 1 amide bonds. The Morgan fingerprint density at radius 1 is 1.03 bits per heavy atom. The van der Waals surface area contributed by atoms with E-state index in [9.17, 15) is 14.7 Å². The number of carbonyl (C=O) groups excluding carboxylic acids is 2. The zero-order chi connectivity index (χ0) is 24.7. The topological polar surface area (TPSA) is 96.9 Å². The largest absolute Gasteiger partial charge is 0.508 e. The van der Waals surface area contributed by atoms with Gasteiger partial charge < -0.3 is 25.2 Å². The van der Waals surface area contributed by atoms with Crippen LogP contribution >= 0.6 is 23.2 Å². The molecule has 3 aromatic carbocycles. The summed E-state index contributed by atoms with van der Waals surface area (Å²) in [6.07, 6.45) is 0. The van der Waals surface area contributed by atoms with Crippen molar-refractivity contribution in [2.75, 3.05) is 11.9 Å². The fourth-order valence-corrected chi connectivity index (χ4v) is 3.68. The first-order chi connectivity index (χ1) is 16.3. The monoisotopic (exact) mass is 502 g/mol. The summed E-state index contributed by atoms with van der Waals surface area (Å²) < 4.78 is 10.5. The van der Waals surface area contributed by atoms with Crippen LogP contribution in [0, 0.1) is 0 Å². The third kappa shape index (κ3) is 6.63. The van der Waals surface area contributed by atoms with Crippen LogP contribution in [-0.4, -0.2) is 23.6 Å². The van der Waals surface area contributed by atoms with Gasteiger partial charge in [0.2, 0.25) is 0 Å². The maximum absolute atomic E-state index is 11.8. The molecule has 9 heteroatoms. The summed E-state index contributed by atoms with van der Waals surface area (Å²) in [5, 5.41) is 16.3. The van der Waals surface area contributed by atoms with Crippen molar-refractivity contribution in [2.45, 2.75) is 26.4 Å². The summed E-state index contributed by atoms with van der Waals surface area (Å²) in [6.45, 7) is 4.11. The maximum Gasteiger partial charge on any atom is 0.397 e. The van der Waals surface area contributed by atoms with Crippen molar-refractivity contribution in [1.29, 1.82) is 0 Å². The van der Waals surface area contributed by atoms with Crippen LogP contribution in [0.4, 0.5) is 5.69 Å². The van der Waals surface area contributed by atoms with Crippen LogP contribution in [0.15, 0.2) is 60.7 Å². The zero-order valence-corrected chi connectivity index (χ0v) is 20.1. The minimum absolute atomic E-state index is 0.0754. The first kappa shape index (κ1) is 25.4. The lowest BCUT2D eigenvalue weighted by atomic mass is 10.1. The highest BCUT2D eigenvalue weighted by atomic mass is 35.5. The highest BCUT2D eigenvalue weighted by Gasteiger charge is 2.18. The van der Waals surface area contributed by atoms with E-state index in [1.54, 1.807) is 19.1 Å². The number of carbonyl (C=O) groups is 2. The molecule has 0 aliphatic heterocycles. The Kier molecular flexibility index (Phi) is 8.76. The number of ether oxygens (including phenoxy) is 2. The Balaban J connectivity index is 1.71. The third-order valence-corrected chi connectivity index (χ3v) is 5.45. The van der Waals surface area contributed by atoms with Crippen LogP contribution in [-0.2, 0) is 20.9 Å². The number of benzene rings is 3. The number of phenols is 1. The predicted molar refractivity (Wildman–Crippen MR) is 132 cm³/mol. The van der Waals surface area contributed by atoms with Crippen LogP contribution in [0.2, 0.25) is 10.0 Å². The molecular formula is C25H24Cl2N2O5. The van der Waals surface area contributed by atoms with Crippen molar-refractivity contribution in [1.82, 2.24) is 5.32 Å². The van der Waals surface area contributed by atoms with Gasteiger partial charge in [-0.1, -0.05) is 53.5 Å². The molecule has 0 spiro atoms. The van der Waals surface area contributed by atoms with E-state index in [-0.39, 0.29) is 39.9 Å². The molecule has 3 N–H and O–H groups in total. The van der Waals surface area contributed by atoms with Gasteiger partial charge in [0.25, 0.3) is 0 Å². The summed E-state index contributed by atoms with van der Waals surface area (Å²) in [4.78, 5) is 23.3. The number of halogens is 2. The normalized spacial score (nSPS) is 11.5. The fraction of sp³-hybridized carbons (Fsp3) is 0.200. The number of anilines is 1. The summed E-state index contributed by atoms with van der Waals surface area (Å²) in [7, 11) is 0. The average Bonchev–Trinajstić information content (AvgIpc) is 2.82. The molecule has 3 aromatic rings. The lowest BCUT2D eigenvalue weighted by Gasteiger charge is -2.16. The summed E-state index contributed by atoms with van der Waals surface area (Å²) in [6, 6.07) is 17.6. The van der Waals surface area contributed by atoms with Gasteiger partial charge in [-0.05, 0) is 49.7 Å².